The van der Waals surface area contributed by atoms with Crippen LogP contribution in [0.25, 0.3) is 0 Å². The molecule has 0 radical (unpaired) electrons. The van der Waals surface area contributed by atoms with Gasteiger partial charge in [-0.15, -0.1) is 0 Å². The highest BCUT2D eigenvalue weighted by Gasteiger charge is 2.38. The standard InChI is InChI=1S/C34H51N3O5/c1-10-12-13-14-21-37(32(39)29(23(3)11-2)36-33(40)42-34(6,7)8)30(26-16-15-24(4)25(5)22-26)31(38)35-27-17-19-28(41-9)20-18-27/h15-20,22-23,29-30H,10-14,21H2,1-9H3,(H,35,38)(H,36,40). The summed E-state index contributed by atoms with van der Waals surface area (Å²) in [6.45, 7) is 15.8. The van der Waals surface area contributed by atoms with Crippen LogP contribution >= 0.6 is 0 Å². The Bertz CT molecular complexity index is 1170. The van der Waals surface area contributed by atoms with Crippen molar-refractivity contribution >= 4 is 23.6 Å². The minimum absolute atomic E-state index is 0.187. The van der Waals surface area contributed by atoms with Crippen LogP contribution in [0.1, 0.15) is 96.4 Å². The molecule has 0 aliphatic rings. The molecule has 8 heteroatoms. The van der Waals surface area contributed by atoms with E-state index in [-0.39, 0.29) is 17.7 Å². The van der Waals surface area contributed by atoms with E-state index in [4.69, 9.17) is 9.47 Å². The summed E-state index contributed by atoms with van der Waals surface area (Å²) in [6.07, 6.45) is 3.73. The normalized spacial score (nSPS) is 13.5. The average molecular weight is 582 g/mol. The quantitative estimate of drug-likeness (QED) is 0.228. The Balaban J connectivity index is 2.58. The molecule has 2 N–H and O–H groups in total. The molecule has 0 bridgehead atoms. The van der Waals surface area contributed by atoms with Gasteiger partial charge in [-0.05, 0) is 87.9 Å². The second kappa shape index (κ2) is 16.2. The van der Waals surface area contributed by atoms with E-state index in [1.807, 2.05) is 45.9 Å². The molecule has 2 rings (SSSR count). The van der Waals surface area contributed by atoms with Crippen LogP contribution in [0.5, 0.6) is 5.75 Å². The lowest BCUT2D eigenvalue weighted by molar-refractivity contribution is -0.142. The maximum atomic E-state index is 14.5. The molecule has 3 atom stereocenters. The van der Waals surface area contributed by atoms with E-state index in [1.54, 1.807) is 57.0 Å². The van der Waals surface area contributed by atoms with Crippen LogP contribution in [0.3, 0.4) is 0 Å². The van der Waals surface area contributed by atoms with E-state index in [1.165, 1.54) is 0 Å². The first kappa shape index (κ1) is 34.7. The zero-order valence-electron chi connectivity index (χ0n) is 27.0. The van der Waals surface area contributed by atoms with Crippen molar-refractivity contribution in [1.29, 1.82) is 0 Å². The highest BCUT2D eigenvalue weighted by molar-refractivity contribution is 5.99. The fraction of sp³-hybridized carbons (Fsp3) is 0.559. The lowest BCUT2D eigenvalue weighted by Crippen LogP contribution is -2.55. The topological polar surface area (TPSA) is 97.0 Å². The predicted molar refractivity (Wildman–Crippen MR) is 169 cm³/mol. The van der Waals surface area contributed by atoms with Crippen molar-refractivity contribution in [3.8, 4) is 5.75 Å². The van der Waals surface area contributed by atoms with Crippen LogP contribution in [0.15, 0.2) is 42.5 Å². The number of carbonyl (C=O) groups excluding carboxylic acids is 3. The Labute approximate surface area is 252 Å². The van der Waals surface area contributed by atoms with Crippen LogP contribution in [0.4, 0.5) is 10.5 Å². The van der Waals surface area contributed by atoms with Gasteiger partial charge in [0.25, 0.3) is 5.91 Å². The van der Waals surface area contributed by atoms with Gasteiger partial charge >= 0.3 is 6.09 Å². The number of nitrogens with one attached hydrogen (secondary N) is 2. The van der Waals surface area contributed by atoms with Gasteiger partial charge in [0.1, 0.15) is 23.4 Å². The molecule has 0 spiro atoms. The summed E-state index contributed by atoms with van der Waals surface area (Å²) in [7, 11) is 1.59. The Hall–Kier alpha value is -3.55. The fourth-order valence-corrected chi connectivity index (χ4v) is 4.66. The third-order valence-corrected chi connectivity index (χ3v) is 7.45. The maximum Gasteiger partial charge on any atom is 0.408 e. The zero-order chi connectivity index (χ0) is 31.4. The summed E-state index contributed by atoms with van der Waals surface area (Å²) in [5, 5.41) is 5.85. The van der Waals surface area contributed by atoms with E-state index in [0.717, 1.165) is 36.8 Å². The van der Waals surface area contributed by atoms with Crippen molar-refractivity contribution in [3.05, 3.63) is 59.2 Å². The number of alkyl carbamates (subject to hydrolysis) is 1. The molecule has 0 aromatic heterocycles. The van der Waals surface area contributed by atoms with Gasteiger partial charge in [0, 0.05) is 12.2 Å². The summed E-state index contributed by atoms with van der Waals surface area (Å²) >= 11 is 0. The van der Waals surface area contributed by atoms with E-state index < -0.39 is 23.8 Å². The summed E-state index contributed by atoms with van der Waals surface area (Å²) in [4.78, 5) is 43.1. The summed E-state index contributed by atoms with van der Waals surface area (Å²) in [5.41, 5.74) is 2.72. The number of nitrogens with zero attached hydrogens (tertiary/aromatic N) is 1. The molecule has 0 saturated heterocycles. The Morgan fingerprint density at radius 2 is 1.60 bits per heavy atom. The first-order chi connectivity index (χ1) is 19.8. The van der Waals surface area contributed by atoms with E-state index in [9.17, 15) is 14.4 Å². The molecule has 0 fully saturated rings. The van der Waals surface area contributed by atoms with Crippen LogP contribution in [0.2, 0.25) is 0 Å². The van der Waals surface area contributed by atoms with E-state index in [0.29, 0.717) is 30.0 Å². The fourth-order valence-electron chi connectivity index (χ4n) is 4.66. The number of amides is 3. The molecular formula is C34H51N3O5. The zero-order valence-corrected chi connectivity index (χ0v) is 27.0. The first-order valence-electron chi connectivity index (χ1n) is 15.1. The summed E-state index contributed by atoms with van der Waals surface area (Å²) in [5.74, 6) is -0.142. The molecule has 2 aromatic carbocycles. The molecule has 2 aromatic rings. The number of unbranched alkanes of at least 4 members (excludes halogenated alkanes) is 3. The highest BCUT2D eigenvalue weighted by Crippen LogP contribution is 2.28. The van der Waals surface area contributed by atoms with Gasteiger partial charge < -0.3 is 25.0 Å². The Kier molecular flexibility index (Phi) is 13.4. The minimum Gasteiger partial charge on any atom is -0.497 e. The molecule has 0 heterocycles. The maximum absolute atomic E-state index is 14.5. The SMILES string of the molecule is CCCCCCN(C(=O)C(NC(=O)OC(C)(C)C)C(C)CC)C(C(=O)Nc1ccc(OC)cc1)c1ccc(C)c(C)c1. The van der Waals surface area contributed by atoms with Gasteiger partial charge in [0.2, 0.25) is 5.91 Å². The lowest BCUT2D eigenvalue weighted by atomic mass is 9.94. The van der Waals surface area contributed by atoms with Crippen molar-refractivity contribution < 1.29 is 23.9 Å². The Morgan fingerprint density at radius 1 is 0.929 bits per heavy atom. The molecule has 42 heavy (non-hydrogen) atoms. The molecule has 0 aliphatic carbocycles. The monoisotopic (exact) mass is 581 g/mol. The van der Waals surface area contributed by atoms with Gasteiger partial charge in [-0.2, -0.15) is 0 Å². The molecular weight excluding hydrogens is 530 g/mol. The highest BCUT2D eigenvalue weighted by atomic mass is 16.6. The number of aryl methyl sites for hydroxylation is 2. The van der Waals surface area contributed by atoms with Crippen molar-refractivity contribution in [2.45, 2.75) is 105 Å². The molecule has 3 amide bonds. The van der Waals surface area contributed by atoms with Gasteiger partial charge in [-0.1, -0.05) is 64.7 Å². The third kappa shape index (κ3) is 10.4. The van der Waals surface area contributed by atoms with E-state index >= 15 is 0 Å². The van der Waals surface area contributed by atoms with Gasteiger partial charge in [-0.3, -0.25) is 9.59 Å². The number of methoxy groups -OCH3 is 1. The molecule has 232 valence electrons. The second-order valence-corrected chi connectivity index (χ2v) is 12.1. The third-order valence-electron chi connectivity index (χ3n) is 7.45. The van der Waals surface area contributed by atoms with Crippen molar-refractivity contribution in [2.75, 3.05) is 19.0 Å². The van der Waals surface area contributed by atoms with Crippen molar-refractivity contribution in [2.24, 2.45) is 5.92 Å². The number of anilines is 1. The average Bonchev–Trinajstić information content (AvgIpc) is 2.93. The number of hydrogen-bond donors (Lipinski definition) is 2. The number of rotatable bonds is 14. The predicted octanol–water partition coefficient (Wildman–Crippen LogP) is 7.34. The number of ether oxygens (including phenoxy) is 2. The molecule has 8 nitrogen and oxygen atoms in total. The number of carbonyl (C=O) groups is 3. The van der Waals surface area contributed by atoms with Crippen LogP contribution in [-0.4, -0.2) is 48.1 Å². The van der Waals surface area contributed by atoms with Gasteiger partial charge in [0.05, 0.1) is 7.11 Å². The van der Waals surface area contributed by atoms with Gasteiger partial charge in [-0.25, -0.2) is 4.79 Å². The number of hydrogen-bond acceptors (Lipinski definition) is 5. The molecule has 0 aliphatic heterocycles. The first-order valence-corrected chi connectivity index (χ1v) is 15.1. The van der Waals surface area contributed by atoms with Crippen LogP contribution in [-0.2, 0) is 14.3 Å². The Morgan fingerprint density at radius 3 is 2.14 bits per heavy atom. The second-order valence-electron chi connectivity index (χ2n) is 12.1. The van der Waals surface area contributed by atoms with Crippen LogP contribution < -0.4 is 15.4 Å². The minimum atomic E-state index is -0.910. The van der Waals surface area contributed by atoms with Crippen LogP contribution in [0, 0.1) is 19.8 Å². The van der Waals surface area contributed by atoms with Crippen molar-refractivity contribution in [1.82, 2.24) is 10.2 Å². The largest absolute Gasteiger partial charge is 0.497 e. The molecule has 3 unspecified atom stereocenters. The molecule has 0 saturated carbocycles. The van der Waals surface area contributed by atoms with E-state index in [2.05, 4.69) is 17.6 Å². The van der Waals surface area contributed by atoms with Gasteiger partial charge in [0.15, 0.2) is 0 Å². The smallest absolute Gasteiger partial charge is 0.408 e. The summed E-state index contributed by atoms with van der Waals surface area (Å²) < 4.78 is 10.8. The number of benzene rings is 2. The summed E-state index contributed by atoms with van der Waals surface area (Å²) in [6, 6.07) is 11.2. The lowest BCUT2D eigenvalue weighted by Gasteiger charge is -2.36. The van der Waals surface area contributed by atoms with Crippen molar-refractivity contribution in [3.63, 3.8) is 0 Å².